The van der Waals surface area contributed by atoms with E-state index in [1.165, 1.54) is 0 Å². The zero-order valence-corrected chi connectivity index (χ0v) is 20.6. The Morgan fingerprint density at radius 2 is 1.39 bits per heavy atom. The molecule has 2 heterocycles. The van der Waals surface area contributed by atoms with Crippen LogP contribution < -0.4 is 34.9 Å². The third kappa shape index (κ3) is 19.0. The van der Waals surface area contributed by atoms with Crippen molar-refractivity contribution in [3.05, 3.63) is 15.0 Å². The fraction of sp³-hybridized carbons (Fsp3) is 0.875. The quantitative estimate of drug-likeness (QED) is 0.228. The van der Waals surface area contributed by atoms with E-state index in [1.807, 2.05) is 0 Å². The third-order valence-electron chi connectivity index (χ3n) is 4.56. The van der Waals surface area contributed by atoms with Gasteiger partial charge in [-0.25, -0.2) is 0 Å². The van der Waals surface area contributed by atoms with Gasteiger partial charge in [0.05, 0.1) is 18.1 Å². The summed E-state index contributed by atoms with van der Waals surface area (Å²) in [7, 11) is 0. The van der Waals surface area contributed by atoms with Crippen molar-refractivity contribution in [3.63, 3.8) is 0 Å². The van der Waals surface area contributed by atoms with Crippen molar-refractivity contribution >= 4 is 24.0 Å². The second kappa shape index (κ2) is 18.3. The molecule has 2 atom stereocenters. The molecule has 2 rings (SSSR count). The summed E-state index contributed by atoms with van der Waals surface area (Å²) in [6, 6.07) is 0. The molecular weight excluding hydrogens is 501 g/mol. The molecule has 2 saturated heterocycles. The maximum Gasteiger partial charge on any atom is 1.00 e. The second-order valence-corrected chi connectivity index (χ2v) is 6.91. The number of nitroso groups, excluding NO2 is 1. The number of alkyl halides is 6. The molecule has 0 aliphatic carbocycles. The van der Waals surface area contributed by atoms with E-state index < -0.39 is 43.3 Å². The summed E-state index contributed by atoms with van der Waals surface area (Å²) in [5, 5.41) is 15.7. The number of nitrogens with one attached hydrogen (secondary N) is 1. The van der Waals surface area contributed by atoms with E-state index >= 15 is 0 Å². The molecule has 0 bridgehead atoms. The molecule has 0 amide bonds. The first-order chi connectivity index (χ1) is 14.3. The molecule has 0 saturated carbocycles. The summed E-state index contributed by atoms with van der Waals surface area (Å²) >= 11 is 0. The van der Waals surface area contributed by atoms with Gasteiger partial charge >= 0.3 is 41.9 Å². The number of nitrogens with zero attached hydrogens (tertiary/aromatic N) is 3. The number of hydrogen-bond donors (Lipinski definition) is 1. The number of Topliss-reactive ketones (excluding diaryl/α,β-unsaturated/α-hetero) is 2. The Hall–Kier alpha value is -1.03. The van der Waals surface area contributed by atoms with Gasteiger partial charge in [-0.15, -0.1) is 22.7 Å². The van der Waals surface area contributed by atoms with Gasteiger partial charge in [0, 0.05) is 44.3 Å². The van der Waals surface area contributed by atoms with Crippen molar-refractivity contribution in [2.45, 2.75) is 50.9 Å². The number of carbonyl (C=O) groups excluding carboxylic acids is 2. The van der Waals surface area contributed by atoms with Crippen molar-refractivity contribution < 1.29 is 65.5 Å². The van der Waals surface area contributed by atoms with E-state index in [1.54, 1.807) is 0 Å². The van der Waals surface area contributed by atoms with Crippen LogP contribution in [0.15, 0.2) is 10.6 Å². The van der Waals surface area contributed by atoms with Crippen LogP contribution >= 0.6 is 12.4 Å². The van der Waals surface area contributed by atoms with Crippen molar-refractivity contribution in [2.75, 3.05) is 26.2 Å². The van der Waals surface area contributed by atoms with Gasteiger partial charge in [-0.1, -0.05) is 0 Å². The molecule has 33 heavy (non-hydrogen) atoms. The van der Waals surface area contributed by atoms with Gasteiger partial charge in [0.2, 0.25) is 0 Å². The minimum absolute atomic E-state index is 0. The van der Waals surface area contributed by atoms with Crippen LogP contribution in [0.2, 0.25) is 0 Å². The normalized spacial score (nSPS) is 19.5. The molecule has 17 heteroatoms. The van der Waals surface area contributed by atoms with Crippen LogP contribution in [0.25, 0.3) is 0 Å². The van der Waals surface area contributed by atoms with Gasteiger partial charge in [0.1, 0.15) is 11.6 Å². The Kier molecular flexibility index (Phi) is 20.3. The summed E-state index contributed by atoms with van der Waals surface area (Å²) in [5.41, 5.74) is 0. The number of halogens is 7. The Bertz CT molecular complexity index is 595. The summed E-state index contributed by atoms with van der Waals surface area (Å²) < 4.78 is 70.6. The molecule has 0 spiro atoms. The van der Waals surface area contributed by atoms with E-state index in [9.17, 15) is 40.8 Å². The molecule has 1 N–H and O–H groups in total. The van der Waals surface area contributed by atoms with Crippen molar-refractivity contribution in [1.82, 2.24) is 10.3 Å². The maximum absolute atomic E-state index is 11.8. The summed E-state index contributed by atoms with van der Waals surface area (Å²) in [4.78, 5) is 40.5. The van der Waals surface area contributed by atoms with E-state index in [0.717, 1.165) is 16.9 Å². The Morgan fingerprint density at radius 3 is 1.73 bits per heavy atom. The topological polar surface area (TPSA) is 131 Å². The zero-order valence-electron chi connectivity index (χ0n) is 17.8. The third-order valence-corrected chi connectivity index (χ3v) is 4.56. The SMILES string of the molecule is Cl.O=C(CCC(F)(F)F)C1CCNC1.O=NN1CCC(C(=O)CCC(F)(F)F)C1.O=N[O-].[Na+]. The van der Waals surface area contributed by atoms with E-state index in [-0.39, 0.29) is 66.6 Å². The smallest absolute Gasteiger partial charge is 0.444 e. The first-order valence-corrected chi connectivity index (χ1v) is 9.25. The predicted molar refractivity (Wildman–Crippen MR) is 103 cm³/mol. The predicted octanol–water partition coefficient (Wildman–Crippen LogP) is 1.09. The van der Waals surface area contributed by atoms with E-state index in [4.69, 9.17) is 10.1 Å². The summed E-state index contributed by atoms with van der Waals surface area (Å²) in [6.07, 6.45) is -10.3. The number of carbonyl (C=O) groups is 2. The first-order valence-electron chi connectivity index (χ1n) is 9.25. The minimum atomic E-state index is -4.29. The maximum atomic E-state index is 11.8. The first kappa shape index (κ1) is 36.5. The van der Waals surface area contributed by atoms with E-state index in [0.29, 0.717) is 25.9 Å². The van der Waals surface area contributed by atoms with E-state index in [2.05, 4.69) is 10.6 Å². The molecule has 188 valence electrons. The van der Waals surface area contributed by atoms with Gasteiger partial charge in [-0.2, -0.15) is 26.3 Å². The molecular formula is C16H24ClF6N4NaO5. The fourth-order valence-corrected chi connectivity index (χ4v) is 2.95. The van der Waals surface area contributed by atoms with Gasteiger partial charge in [0.25, 0.3) is 0 Å². The summed E-state index contributed by atoms with van der Waals surface area (Å²) in [6.45, 7) is 1.78. The number of hydrogen-bond acceptors (Lipinski definition) is 8. The Balaban J connectivity index is -0.000000465. The molecule has 2 fully saturated rings. The van der Waals surface area contributed by atoms with Crippen molar-refractivity contribution in [1.29, 1.82) is 0 Å². The molecule has 0 radical (unpaired) electrons. The molecule has 0 aromatic carbocycles. The molecule has 2 aliphatic heterocycles. The average molecular weight is 525 g/mol. The molecule has 9 nitrogen and oxygen atoms in total. The van der Waals surface area contributed by atoms with Crippen molar-refractivity contribution in [2.24, 2.45) is 22.5 Å². The second-order valence-electron chi connectivity index (χ2n) is 6.91. The monoisotopic (exact) mass is 524 g/mol. The van der Waals surface area contributed by atoms with Crippen LogP contribution in [0.4, 0.5) is 26.3 Å². The van der Waals surface area contributed by atoms with Gasteiger partial charge < -0.3 is 15.4 Å². The molecule has 0 aromatic rings. The van der Waals surface area contributed by atoms with Crippen molar-refractivity contribution in [3.8, 4) is 0 Å². The van der Waals surface area contributed by atoms with Crippen LogP contribution in [0.5, 0.6) is 0 Å². The Labute approximate surface area is 214 Å². The largest absolute Gasteiger partial charge is 1.00 e. The Morgan fingerprint density at radius 1 is 0.939 bits per heavy atom. The van der Waals surface area contributed by atoms with Crippen LogP contribution in [0, 0.1) is 26.9 Å². The van der Waals surface area contributed by atoms with Gasteiger partial charge in [-0.3, -0.25) is 14.6 Å². The number of rotatable bonds is 7. The molecule has 0 aromatic heterocycles. The molecule has 2 unspecified atom stereocenters. The number of ketones is 2. The standard InChI is InChI=1S/C8H11F3N2O2.C8H12F3NO.ClH.HNO2.Na/c9-8(10,11)3-1-7(14)6-2-4-13(5-6)12-15;9-8(10,11)3-1-7(13)6-2-4-12-5-6;;2-1-3;/h6H,1-5H2;6,12H,1-5H2;1H;(H,2,3);/q;;;;+1/p-1. The minimum Gasteiger partial charge on any atom is -0.444 e. The van der Waals surface area contributed by atoms with Crippen LogP contribution in [-0.4, -0.2) is 55.1 Å². The van der Waals surface area contributed by atoms with Gasteiger partial charge in [0.15, 0.2) is 0 Å². The summed E-state index contributed by atoms with van der Waals surface area (Å²) in [5.74, 6) is -1.35. The average Bonchev–Trinajstić information content (AvgIpc) is 3.36. The molecule has 2 aliphatic rings. The van der Waals surface area contributed by atoms with Crippen LogP contribution in [0.1, 0.15) is 38.5 Å². The zero-order chi connectivity index (χ0) is 24.1. The fourth-order valence-electron chi connectivity index (χ4n) is 2.95. The van der Waals surface area contributed by atoms with Gasteiger partial charge in [-0.05, 0) is 19.4 Å². The van der Waals surface area contributed by atoms with Crippen LogP contribution in [-0.2, 0) is 9.59 Å². The van der Waals surface area contributed by atoms with Crippen LogP contribution in [0.3, 0.4) is 0 Å².